The van der Waals surface area contributed by atoms with E-state index in [0.29, 0.717) is 43.9 Å². The number of hydrogen-bond donors (Lipinski definition) is 1. The molecule has 2 fully saturated rings. The SMILES string of the molecule is O=C(NCC(c1ccco1)N1CCCCC1)C1CCN(C2=NS(=O)(=O)c3ccccc32)CC1. The largest absolute Gasteiger partial charge is 0.468 e. The van der Waals surface area contributed by atoms with E-state index in [9.17, 15) is 13.2 Å². The van der Waals surface area contributed by atoms with Crippen molar-refractivity contribution < 1.29 is 17.6 Å². The highest BCUT2D eigenvalue weighted by Gasteiger charge is 2.35. The van der Waals surface area contributed by atoms with Gasteiger partial charge >= 0.3 is 0 Å². The van der Waals surface area contributed by atoms with E-state index in [2.05, 4.69) is 14.6 Å². The van der Waals surface area contributed by atoms with Crippen molar-refractivity contribution in [1.29, 1.82) is 0 Å². The Morgan fingerprint density at radius 2 is 1.82 bits per heavy atom. The second-order valence-electron chi connectivity index (χ2n) is 9.02. The molecule has 0 spiro atoms. The van der Waals surface area contributed by atoms with E-state index in [1.54, 1.807) is 24.5 Å². The van der Waals surface area contributed by atoms with Crippen molar-refractivity contribution in [3.63, 3.8) is 0 Å². The highest BCUT2D eigenvalue weighted by Crippen LogP contribution is 2.30. The summed E-state index contributed by atoms with van der Waals surface area (Å²) in [6.07, 6.45) is 6.63. The first-order valence-corrected chi connectivity index (χ1v) is 13.2. The normalized spacial score (nSPS) is 21.9. The Morgan fingerprint density at radius 1 is 1.06 bits per heavy atom. The van der Waals surface area contributed by atoms with Gasteiger partial charge in [0.05, 0.1) is 12.3 Å². The van der Waals surface area contributed by atoms with Crippen molar-refractivity contribution in [2.24, 2.45) is 10.3 Å². The molecule has 8 nitrogen and oxygen atoms in total. The maximum absolute atomic E-state index is 13.0. The Bertz CT molecular complexity index is 1120. The highest BCUT2D eigenvalue weighted by molar-refractivity contribution is 7.90. The van der Waals surface area contributed by atoms with Gasteiger partial charge in [-0.2, -0.15) is 8.42 Å². The fourth-order valence-corrected chi connectivity index (χ4v) is 6.36. The zero-order valence-electron chi connectivity index (χ0n) is 18.7. The molecule has 1 amide bonds. The Morgan fingerprint density at radius 3 is 2.55 bits per heavy atom. The fraction of sp³-hybridized carbons (Fsp3) is 0.500. The van der Waals surface area contributed by atoms with Crippen LogP contribution in [0.15, 0.2) is 56.4 Å². The summed E-state index contributed by atoms with van der Waals surface area (Å²) in [6, 6.07) is 10.9. The minimum absolute atomic E-state index is 0.0545. The van der Waals surface area contributed by atoms with E-state index in [0.717, 1.165) is 18.8 Å². The molecule has 4 heterocycles. The predicted molar refractivity (Wildman–Crippen MR) is 124 cm³/mol. The summed E-state index contributed by atoms with van der Waals surface area (Å²) < 4.78 is 34.4. The van der Waals surface area contributed by atoms with Crippen molar-refractivity contribution in [3.05, 3.63) is 54.0 Å². The van der Waals surface area contributed by atoms with Crippen LogP contribution in [0, 0.1) is 5.92 Å². The monoisotopic (exact) mass is 470 g/mol. The standard InChI is InChI=1S/C24H30N4O4S/c29-24(25-17-20(21-8-6-16-32-21)27-12-4-1-5-13-27)18-10-14-28(15-11-18)23-19-7-2-3-9-22(19)33(30,31)26-23/h2-3,6-9,16,18,20H,1,4-5,10-15,17H2,(H,25,29). The number of amides is 1. The van der Waals surface area contributed by atoms with Crippen LogP contribution in [0.4, 0.5) is 0 Å². The smallest absolute Gasteiger partial charge is 0.285 e. The van der Waals surface area contributed by atoms with Crippen LogP contribution < -0.4 is 5.32 Å². The lowest BCUT2D eigenvalue weighted by atomic mass is 9.95. The predicted octanol–water partition coefficient (Wildman–Crippen LogP) is 2.78. The number of fused-ring (bicyclic) bond motifs is 1. The molecule has 33 heavy (non-hydrogen) atoms. The number of furan rings is 1. The van der Waals surface area contributed by atoms with Crippen molar-refractivity contribution in [2.45, 2.75) is 43.0 Å². The number of amidine groups is 1. The Kier molecular flexibility index (Phi) is 6.25. The first-order valence-electron chi connectivity index (χ1n) is 11.8. The number of rotatable bonds is 5. The van der Waals surface area contributed by atoms with Crippen LogP contribution in [-0.4, -0.2) is 62.7 Å². The topological polar surface area (TPSA) is 95.2 Å². The molecule has 0 aliphatic carbocycles. The number of likely N-dealkylation sites (tertiary alicyclic amines) is 2. The van der Waals surface area contributed by atoms with E-state index in [-0.39, 0.29) is 22.8 Å². The Hall–Kier alpha value is -2.65. The maximum atomic E-state index is 13.0. The van der Waals surface area contributed by atoms with Crippen LogP contribution in [0.5, 0.6) is 0 Å². The zero-order chi connectivity index (χ0) is 22.8. The third-order valence-corrected chi connectivity index (χ3v) is 8.28. The molecule has 2 aromatic rings. The molecule has 1 unspecified atom stereocenters. The minimum atomic E-state index is -3.63. The molecule has 2 saturated heterocycles. The maximum Gasteiger partial charge on any atom is 0.285 e. The highest BCUT2D eigenvalue weighted by atomic mass is 32.2. The van der Waals surface area contributed by atoms with Gasteiger partial charge in [0.2, 0.25) is 5.91 Å². The third kappa shape index (κ3) is 4.56. The van der Waals surface area contributed by atoms with Gasteiger partial charge in [0, 0.05) is 31.1 Å². The number of carbonyl (C=O) groups is 1. The van der Waals surface area contributed by atoms with Gasteiger partial charge in [0.25, 0.3) is 10.0 Å². The van der Waals surface area contributed by atoms with Gasteiger partial charge in [-0.15, -0.1) is 4.40 Å². The molecular formula is C24H30N4O4S. The van der Waals surface area contributed by atoms with Crippen LogP contribution in [-0.2, 0) is 14.8 Å². The van der Waals surface area contributed by atoms with Gasteiger partial charge in [0.15, 0.2) is 5.84 Å². The van der Waals surface area contributed by atoms with Crippen molar-refractivity contribution in [3.8, 4) is 0 Å². The number of benzene rings is 1. The lowest BCUT2D eigenvalue weighted by molar-refractivity contribution is -0.126. The van der Waals surface area contributed by atoms with E-state index in [1.165, 1.54) is 19.3 Å². The summed E-state index contributed by atoms with van der Waals surface area (Å²) in [6.45, 7) is 3.78. The van der Waals surface area contributed by atoms with Crippen LogP contribution in [0.1, 0.15) is 49.5 Å². The third-order valence-electron chi connectivity index (χ3n) is 6.95. The minimum Gasteiger partial charge on any atom is -0.468 e. The second-order valence-corrected chi connectivity index (χ2v) is 10.6. The van der Waals surface area contributed by atoms with Gasteiger partial charge in [-0.1, -0.05) is 18.6 Å². The summed E-state index contributed by atoms with van der Waals surface area (Å²) in [5.41, 5.74) is 0.656. The molecule has 176 valence electrons. The first-order chi connectivity index (χ1) is 16.0. The summed E-state index contributed by atoms with van der Waals surface area (Å²) in [5, 5.41) is 3.17. The quantitative estimate of drug-likeness (QED) is 0.722. The number of hydrogen-bond acceptors (Lipinski definition) is 6. The van der Waals surface area contributed by atoms with Gasteiger partial charge in [0.1, 0.15) is 10.7 Å². The average Bonchev–Trinajstić information content (AvgIpc) is 3.47. The number of carbonyl (C=O) groups excluding carboxylic acids is 1. The molecule has 0 bridgehead atoms. The number of sulfonamides is 1. The van der Waals surface area contributed by atoms with E-state index < -0.39 is 10.0 Å². The summed E-state index contributed by atoms with van der Waals surface area (Å²) in [4.78, 5) is 17.6. The first kappa shape index (κ1) is 22.2. The molecule has 1 aromatic heterocycles. The summed E-state index contributed by atoms with van der Waals surface area (Å²) >= 11 is 0. The van der Waals surface area contributed by atoms with Crippen molar-refractivity contribution >= 4 is 21.8 Å². The van der Waals surface area contributed by atoms with Crippen molar-refractivity contribution in [1.82, 2.24) is 15.1 Å². The van der Waals surface area contributed by atoms with Gasteiger partial charge in [-0.05, 0) is 63.0 Å². The van der Waals surface area contributed by atoms with Crippen LogP contribution in [0.25, 0.3) is 0 Å². The molecule has 5 rings (SSSR count). The van der Waals surface area contributed by atoms with Gasteiger partial charge in [-0.25, -0.2) is 0 Å². The fourth-order valence-electron chi connectivity index (χ4n) is 5.13. The lowest BCUT2D eigenvalue weighted by Crippen LogP contribution is -2.45. The van der Waals surface area contributed by atoms with Crippen LogP contribution in [0.2, 0.25) is 0 Å². The van der Waals surface area contributed by atoms with Crippen LogP contribution in [0.3, 0.4) is 0 Å². The van der Waals surface area contributed by atoms with Gasteiger partial charge in [-0.3, -0.25) is 9.69 Å². The summed E-state index contributed by atoms with van der Waals surface area (Å²) in [7, 11) is -3.63. The Labute approximate surface area is 194 Å². The lowest BCUT2D eigenvalue weighted by Gasteiger charge is -2.35. The van der Waals surface area contributed by atoms with E-state index >= 15 is 0 Å². The van der Waals surface area contributed by atoms with Gasteiger partial charge < -0.3 is 14.6 Å². The molecule has 3 aliphatic rings. The molecule has 0 radical (unpaired) electrons. The number of nitrogens with zero attached hydrogens (tertiary/aromatic N) is 3. The Balaban J connectivity index is 1.19. The van der Waals surface area contributed by atoms with E-state index in [4.69, 9.17) is 4.42 Å². The summed E-state index contributed by atoms with van der Waals surface area (Å²) in [5.74, 6) is 1.37. The van der Waals surface area contributed by atoms with Crippen LogP contribution >= 0.6 is 0 Å². The number of piperidine rings is 2. The zero-order valence-corrected chi connectivity index (χ0v) is 19.5. The molecule has 1 aromatic carbocycles. The number of nitrogens with one attached hydrogen (secondary N) is 1. The molecule has 1 N–H and O–H groups in total. The molecule has 3 aliphatic heterocycles. The molecule has 9 heteroatoms. The molecular weight excluding hydrogens is 440 g/mol. The molecule has 1 atom stereocenters. The average molecular weight is 471 g/mol. The van der Waals surface area contributed by atoms with Crippen molar-refractivity contribution in [2.75, 3.05) is 32.7 Å². The van der Waals surface area contributed by atoms with E-state index in [1.807, 2.05) is 23.1 Å². The second kappa shape index (κ2) is 9.30. The molecule has 0 saturated carbocycles.